The Kier molecular flexibility index (Phi) is 5.53. The van der Waals surface area contributed by atoms with Crippen molar-refractivity contribution in [2.75, 3.05) is 14.2 Å². The first-order valence-electron chi connectivity index (χ1n) is 7.81. The molecule has 0 aliphatic heterocycles. The highest BCUT2D eigenvalue weighted by molar-refractivity contribution is 7.83. The van der Waals surface area contributed by atoms with E-state index in [4.69, 9.17) is 14.7 Å². The van der Waals surface area contributed by atoms with Crippen LogP contribution in [0.4, 0.5) is 0 Å². The average Bonchev–Trinajstić information content (AvgIpc) is 3.13. The average molecular weight is 387 g/mol. The van der Waals surface area contributed by atoms with E-state index >= 15 is 0 Å². The number of aromatic nitrogens is 2. The van der Waals surface area contributed by atoms with Crippen molar-refractivity contribution in [3.8, 4) is 11.5 Å². The van der Waals surface area contributed by atoms with Crippen LogP contribution in [0.1, 0.15) is 5.56 Å². The van der Waals surface area contributed by atoms with Gasteiger partial charge in [-0.3, -0.25) is 10.0 Å². The number of hydrogen-bond donors (Lipinski definition) is 2. The summed E-state index contributed by atoms with van der Waals surface area (Å²) in [4.78, 5) is 15.9. The SMILES string of the molecule is COc1ccc(S(=O)n2ccc3cc(/C=C/C(=O)NO)cnc32)cc1OC. The van der Waals surface area contributed by atoms with Gasteiger partial charge in [0.2, 0.25) is 0 Å². The molecule has 8 nitrogen and oxygen atoms in total. The van der Waals surface area contributed by atoms with Crippen LogP contribution in [-0.2, 0) is 15.8 Å². The van der Waals surface area contributed by atoms with Crippen LogP contribution >= 0.6 is 0 Å². The zero-order valence-corrected chi connectivity index (χ0v) is 15.4. The van der Waals surface area contributed by atoms with Gasteiger partial charge in [0.1, 0.15) is 0 Å². The Morgan fingerprint density at radius 3 is 2.70 bits per heavy atom. The summed E-state index contributed by atoms with van der Waals surface area (Å²) in [6, 6.07) is 8.63. The molecule has 2 aromatic heterocycles. The third-order valence-electron chi connectivity index (χ3n) is 3.79. The molecule has 0 spiro atoms. The number of amides is 1. The molecule has 0 aliphatic rings. The Bertz CT molecular complexity index is 1040. The number of nitrogens with zero attached hydrogens (tertiary/aromatic N) is 2. The van der Waals surface area contributed by atoms with Crippen molar-refractivity contribution in [2.45, 2.75) is 4.90 Å². The molecule has 0 fully saturated rings. The lowest BCUT2D eigenvalue weighted by Gasteiger charge is -2.10. The van der Waals surface area contributed by atoms with Crippen LogP contribution in [0.25, 0.3) is 17.1 Å². The molecule has 140 valence electrons. The Morgan fingerprint density at radius 2 is 2.00 bits per heavy atom. The summed E-state index contributed by atoms with van der Waals surface area (Å²) >= 11 is 0. The van der Waals surface area contributed by atoms with Crippen molar-refractivity contribution in [3.63, 3.8) is 0 Å². The van der Waals surface area contributed by atoms with Crippen LogP contribution < -0.4 is 15.0 Å². The lowest BCUT2D eigenvalue weighted by Crippen LogP contribution is -2.14. The molecule has 0 bridgehead atoms. The minimum Gasteiger partial charge on any atom is -0.493 e. The standard InChI is InChI=1S/C18H17N3O5S/c1-25-15-5-4-14(10-16(15)26-2)27(24)21-8-7-13-9-12(11-19-18(13)21)3-6-17(22)20-23/h3-11,23H,1-2H3,(H,20,22)/b6-3+. The second kappa shape index (κ2) is 8.02. The van der Waals surface area contributed by atoms with Crippen molar-refractivity contribution < 1.29 is 23.7 Å². The topological polar surface area (TPSA) is 103 Å². The van der Waals surface area contributed by atoms with E-state index in [0.29, 0.717) is 27.6 Å². The van der Waals surface area contributed by atoms with Gasteiger partial charge in [0.05, 0.1) is 19.1 Å². The molecule has 1 aromatic carbocycles. The van der Waals surface area contributed by atoms with E-state index in [2.05, 4.69) is 4.98 Å². The monoisotopic (exact) mass is 387 g/mol. The third-order valence-corrected chi connectivity index (χ3v) is 5.10. The van der Waals surface area contributed by atoms with Gasteiger partial charge in [-0.1, -0.05) is 0 Å². The summed E-state index contributed by atoms with van der Waals surface area (Å²) in [7, 11) is 1.52. The Hall–Kier alpha value is -3.17. The number of pyridine rings is 1. The molecule has 0 saturated carbocycles. The summed E-state index contributed by atoms with van der Waals surface area (Å²) < 4.78 is 25.0. The molecule has 2 heterocycles. The van der Waals surface area contributed by atoms with Crippen molar-refractivity contribution >= 4 is 34.0 Å². The number of ether oxygens (including phenoxy) is 2. The molecule has 9 heteroatoms. The Labute approximate surface area is 157 Å². The molecule has 3 aromatic rings. The lowest BCUT2D eigenvalue weighted by atomic mass is 10.2. The lowest BCUT2D eigenvalue weighted by molar-refractivity contribution is -0.124. The van der Waals surface area contributed by atoms with Crippen molar-refractivity contribution in [2.24, 2.45) is 0 Å². The summed E-state index contributed by atoms with van der Waals surface area (Å²) in [5.74, 6) is 0.404. The Balaban J connectivity index is 1.94. The minimum absolute atomic E-state index is 0.488. The highest BCUT2D eigenvalue weighted by Crippen LogP contribution is 2.30. The second-order valence-corrected chi connectivity index (χ2v) is 6.76. The molecule has 0 saturated heterocycles. The summed E-state index contributed by atoms with van der Waals surface area (Å²) in [5.41, 5.74) is 2.72. The normalized spacial score (nSPS) is 12.3. The maximum atomic E-state index is 13.0. The van der Waals surface area contributed by atoms with E-state index in [1.807, 2.05) is 0 Å². The van der Waals surface area contributed by atoms with Crippen molar-refractivity contribution in [1.29, 1.82) is 0 Å². The number of hydroxylamine groups is 1. The van der Waals surface area contributed by atoms with Gasteiger partial charge in [0, 0.05) is 29.9 Å². The maximum absolute atomic E-state index is 13.0. The number of nitrogens with one attached hydrogen (secondary N) is 1. The fraction of sp³-hybridized carbons (Fsp3) is 0.111. The smallest absolute Gasteiger partial charge is 0.267 e. The summed E-state index contributed by atoms with van der Waals surface area (Å²) in [5, 5.41) is 9.27. The number of rotatable bonds is 6. The van der Waals surface area contributed by atoms with Gasteiger partial charge in [0.25, 0.3) is 5.91 Å². The predicted molar refractivity (Wildman–Crippen MR) is 100 cm³/mol. The first-order valence-corrected chi connectivity index (χ1v) is 8.91. The zero-order chi connectivity index (χ0) is 19.4. The number of benzene rings is 1. The fourth-order valence-corrected chi connectivity index (χ4v) is 3.59. The largest absolute Gasteiger partial charge is 0.493 e. The van der Waals surface area contributed by atoms with E-state index < -0.39 is 16.9 Å². The fourth-order valence-electron chi connectivity index (χ4n) is 2.49. The van der Waals surface area contributed by atoms with Crippen molar-refractivity contribution in [1.82, 2.24) is 14.4 Å². The predicted octanol–water partition coefficient (Wildman–Crippen LogP) is 2.14. The van der Waals surface area contributed by atoms with Gasteiger partial charge < -0.3 is 9.47 Å². The molecular formula is C18H17N3O5S. The van der Waals surface area contributed by atoms with Crippen LogP contribution in [0.5, 0.6) is 11.5 Å². The van der Waals surface area contributed by atoms with E-state index in [0.717, 1.165) is 5.39 Å². The maximum Gasteiger partial charge on any atom is 0.267 e. The highest BCUT2D eigenvalue weighted by atomic mass is 32.2. The summed E-state index contributed by atoms with van der Waals surface area (Å²) in [6.45, 7) is 0. The molecule has 27 heavy (non-hydrogen) atoms. The number of hydrogen-bond acceptors (Lipinski definition) is 6. The molecule has 1 amide bonds. The molecule has 0 radical (unpaired) electrons. The van der Waals surface area contributed by atoms with Crippen LogP contribution in [0, 0.1) is 0 Å². The number of fused-ring (bicyclic) bond motifs is 1. The van der Waals surface area contributed by atoms with E-state index in [9.17, 15) is 9.00 Å². The van der Waals surface area contributed by atoms with E-state index in [1.54, 1.807) is 46.7 Å². The number of carbonyl (C=O) groups excluding carboxylic acids is 1. The van der Waals surface area contributed by atoms with E-state index in [-0.39, 0.29) is 0 Å². The van der Waals surface area contributed by atoms with Gasteiger partial charge in [-0.05, 0) is 35.9 Å². The van der Waals surface area contributed by atoms with Crippen LogP contribution in [0.3, 0.4) is 0 Å². The third kappa shape index (κ3) is 3.83. The van der Waals surface area contributed by atoms with Crippen molar-refractivity contribution in [3.05, 3.63) is 54.4 Å². The van der Waals surface area contributed by atoms with Crippen LogP contribution in [0.15, 0.2) is 53.7 Å². The Morgan fingerprint density at radius 1 is 1.22 bits per heavy atom. The van der Waals surface area contributed by atoms with Gasteiger partial charge >= 0.3 is 0 Å². The van der Waals surface area contributed by atoms with Crippen LogP contribution in [0.2, 0.25) is 0 Å². The van der Waals surface area contributed by atoms with Gasteiger partial charge in [0.15, 0.2) is 28.1 Å². The molecule has 3 rings (SSSR count). The molecule has 1 atom stereocenters. The number of carbonyl (C=O) groups is 1. The van der Waals surface area contributed by atoms with Gasteiger partial charge in [-0.15, -0.1) is 0 Å². The second-order valence-electron chi connectivity index (χ2n) is 5.40. The first kappa shape index (κ1) is 18.6. The van der Waals surface area contributed by atoms with E-state index in [1.165, 1.54) is 31.9 Å². The van der Waals surface area contributed by atoms with Crippen LogP contribution in [-0.4, -0.2) is 38.5 Å². The molecule has 0 aliphatic carbocycles. The van der Waals surface area contributed by atoms with Gasteiger partial charge in [-0.2, -0.15) is 0 Å². The number of methoxy groups -OCH3 is 2. The summed E-state index contributed by atoms with van der Waals surface area (Å²) in [6.07, 6.45) is 5.92. The highest BCUT2D eigenvalue weighted by Gasteiger charge is 2.14. The minimum atomic E-state index is -1.53. The molecule has 1 unspecified atom stereocenters. The van der Waals surface area contributed by atoms with Gasteiger partial charge in [-0.25, -0.2) is 18.6 Å². The molecular weight excluding hydrogens is 370 g/mol. The quantitative estimate of drug-likeness (QED) is 0.382. The first-order chi connectivity index (χ1) is 13.1. The zero-order valence-electron chi connectivity index (χ0n) is 14.6. The molecule has 2 N–H and O–H groups in total.